The molecule has 5 nitrogen and oxygen atoms in total. The van der Waals surface area contributed by atoms with Gasteiger partial charge in [0, 0.05) is 25.0 Å². The van der Waals surface area contributed by atoms with Gasteiger partial charge in [0.25, 0.3) is 0 Å². The standard InChI is InChI=1S/C12H21N3O2S/c1-4-13-8-10(2)18(16,17)15-11(3)12-6-5-7-14-9-12/h5-7,9-11,13,15H,4,8H2,1-3H3. The average molecular weight is 271 g/mol. The third-order valence-corrected chi connectivity index (χ3v) is 4.65. The molecule has 0 spiro atoms. The number of aromatic nitrogens is 1. The van der Waals surface area contributed by atoms with Gasteiger partial charge in [0.15, 0.2) is 0 Å². The Morgan fingerprint density at radius 2 is 2.11 bits per heavy atom. The van der Waals surface area contributed by atoms with Crippen LogP contribution in [0.5, 0.6) is 0 Å². The maximum absolute atomic E-state index is 12.0. The van der Waals surface area contributed by atoms with Crippen molar-refractivity contribution >= 4 is 10.0 Å². The monoisotopic (exact) mass is 271 g/mol. The topological polar surface area (TPSA) is 71.1 Å². The molecular formula is C12H21N3O2S. The van der Waals surface area contributed by atoms with E-state index in [4.69, 9.17) is 0 Å². The van der Waals surface area contributed by atoms with Crippen molar-refractivity contribution in [1.29, 1.82) is 0 Å². The van der Waals surface area contributed by atoms with E-state index in [1.807, 2.05) is 19.9 Å². The van der Waals surface area contributed by atoms with E-state index in [-0.39, 0.29) is 6.04 Å². The van der Waals surface area contributed by atoms with E-state index in [1.54, 1.807) is 25.4 Å². The van der Waals surface area contributed by atoms with Gasteiger partial charge in [0.1, 0.15) is 0 Å². The van der Waals surface area contributed by atoms with Crippen LogP contribution in [0.2, 0.25) is 0 Å². The Hall–Kier alpha value is -0.980. The van der Waals surface area contributed by atoms with Gasteiger partial charge < -0.3 is 5.32 Å². The van der Waals surface area contributed by atoms with Crippen LogP contribution < -0.4 is 10.0 Å². The number of hydrogen-bond acceptors (Lipinski definition) is 4. The maximum Gasteiger partial charge on any atom is 0.216 e. The Morgan fingerprint density at radius 3 is 2.67 bits per heavy atom. The number of sulfonamides is 1. The van der Waals surface area contributed by atoms with Crippen molar-refractivity contribution in [3.63, 3.8) is 0 Å². The summed E-state index contributed by atoms with van der Waals surface area (Å²) >= 11 is 0. The molecule has 1 aromatic heterocycles. The highest BCUT2D eigenvalue weighted by molar-refractivity contribution is 7.90. The highest BCUT2D eigenvalue weighted by atomic mass is 32.2. The summed E-state index contributed by atoms with van der Waals surface area (Å²) in [5.74, 6) is 0. The van der Waals surface area contributed by atoms with Crippen molar-refractivity contribution in [2.45, 2.75) is 32.1 Å². The number of rotatable bonds is 7. The van der Waals surface area contributed by atoms with Gasteiger partial charge in [-0.2, -0.15) is 0 Å². The Bertz CT molecular complexity index is 448. The van der Waals surface area contributed by atoms with E-state index in [1.165, 1.54) is 0 Å². The van der Waals surface area contributed by atoms with Crippen LogP contribution in [0.1, 0.15) is 32.4 Å². The molecule has 1 rings (SSSR count). The summed E-state index contributed by atoms with van der Waals surface area (Å²) in [6.07, 6.45) is 3.33. The molecule has 0 fully saturated rings. The number of nitrogens with zero attached hydrogens (tertiary/aromatic N) is 1. The lowest BCUT2D eigenvalue weighted by molar-refractivity contribution is 0.546. The predicted molar refractivity (Wildman–Crippen MR) is 72.7 cm³/mol. The molecule has 0 aliphatic heterocycles. The summed E-state index contributed by atoms with van der Waals surface area (Å²) in [7, 11) is -3.32. The second kappa shape index (κ2) is 6.82. The minimum Gasteiger partial charge on any atom is -0.316 e. The molecule has 2 atom stereocenters. The first-order valence-electron chi connectivity index (χ1n) is 6.09. The molecule has 0 aliphatic rings. The van der Waals surface area contributed by atoms with Gasteiger partial charge in [-0.15, -0.1) is 0 Å². The molecule has 0 saturated carbocycles. The van der Waals surface area contributed by atoms with E-state index in [0.29, 0.717) is 6.54 Å². The molecule has 6 heteroatoms. The molecule has 102 valence electrons. The second-order valence-corrected chi connectivity index (χ2v) is 6.42. The fraction of sp³-hybridized carbons (Fsp3) is 0.583. The maximum atomic E-state index is 12.0. The molecule has 2 N–H and O–H groups in total. The molecule has 0 amide bonds. The normalized spacial score (nSPS) is 15.3. The van der Waals surface area contributed by atoms with Gasteiger partial charge in [-0.1, -0.05) is 13.0 Å². The summed E-state index contributed by atoms with van der Waals surface area (Å²) in [5.41, 5.74) is 0.858. The van der Waals surface area contributed by atoms with Crippen molar-refractivity contribution in [1.82, 2.24) is 15.0 Å². The Kier molecular flexibility index (Phi) is 5.71. The highest BCUT2D eigenvalue weighted by Crippen LogP contribution is 2.12. The molecule has 0 aliphatic carbocycles. The fourth-order valence-corrected chi connectivity index (χ4v) is 2.72. The molecule has 0 radical (unpaired) electrons. The Labute approximate surface area is 109 Å². The summed E-state index contributed by atoms with van der Waals surface area (Å²) in [5, 5.41) is 2.57. The molecule has 18 heavy (non-hydrogen) atoms. The lowest BCUT2D eigenvalue weighted by Gasteiger charge is -2.18. The Balaban J connectivity index is 2.65. The summed E-state index contributed by atoms with van der Waals surface area (Å²) in [6.45, 7) is 6.67. The highest BCUT2D eigenvalue weighted by Gasteiger charge is 2.22. The van der Waals surface area contributed by atoms with Crippen molar-refractivity contribution in [3.05, 3.63) is 30.1 Å². The van der Waals surface area contributed by atoms with E-state index in [2.05, 4.69) is 15.0 Å². The predicted octanol–water partition coefficient (Wildman–Crippen LogP) is 1.06. The van der Waals surface area contributed by atoms with Gasteiger partial charge >= 0.3 is 0 Å². The van der Waals surface area contributed by atoms with Crippen LogP contribution in [0.4, 0.5) is 0 Å². The van der Waals surface area contributed by atoms with Crippen molar-refractivity contribution in [2.75, 3.05) is 13.1 Å². The quantitative estimate of drug-likeness (QED) is 0.778. The van der Waals surface area contributed by atoms with Crippen LogP contribution in [0, 0.1) is 0 Å². The third-order valence-electron chi connectivity index (χ3n) is 2.74. The second-order valence-electron chi connectivity index (χ2n) is 4.29. The van der Waals surface area contributed by atoms with E-state index in [0.717, 1.165) is 12.1 Å². The van der Waals surface area contributed by atoms with E-state index >= 15 is 0 Å². The van der Waals surface area contributed by atoms with Crippen LogP contribution in [0.15, 0.2) is 24.5 Å². The average Bonchev–Trinajstić information content (AvgIpc) is 2.36. The number of hydrogen-bond donors (Lipinski definition) is 2. The van der Waals surface area contributed by atoms with Gasteiger partial charge in [0.05, 0.1) is 5.25 Å². The summed E-state index contributed by atoms with van der Waals surface area (Å²) in [6, 6.07) is 3.38. The zero-order valence-electron chi connectivity index (χ0n) is 11.1. The van der Waals surface area contributed by atoms with Gasteiger partial charge in [0.2, 0.25) is 10.0 Å². The third kappa shape index (κ3) is 4.36. The zero-order chi connectivity index (χ0) is 13.6. The molecule has 0 bridgehead atoms. The van der Waals surface area contributed by atoms with E-state index in [9.17, 15) is 8.42 Å². The van der Waals surface area contributed by atoms with Crippen molar-refractivity contribution in [2.24, 2.45) is 0 Å². The molecule has 1 aromatic rings. The molecule has 0 saturated heterocycles. The zero-order valence-corrected chi connectivity index (χ0v) is 11.9. The fourth-order valence-electron chi connectivity index (χ4n) is 1.52. The van der Waals surface area contributed by atoms with Crippen molar-refractivity contribution < 1.29 is 8.42 Å². The Morgan fingerprint density at radius 1 is 1.39 bits per heavy atom. The SMILES string of the molecule is CCNCC(C)S(=O)(=O)NC(C)c1cccnc1. The lowest BCUT2D eigenvalue weighted by Crippen LogP contribution is -2.40. The van der Waals surface area contributed by atoms with Crippen LogP contribution in [-0.2, 0) is 10.0 Å². The van der Waals surface area contributed by atoms with Crippen LogP contribution in [0.25, 0.3) is 0 Å². The van der Waals surface area contributed by atoms with Crippen LogP contribution >= 0.6 is 0 Å². The minimum absolute atomic E-state index is 0.271. The van der Waals surface area contributed by atoms with Gasteiger partial charge in [-0.05, 0) is 32.0 Å². The smallest absolute Gasteiger partial charge is 0.216 e. The van der Waals surface area contributed by atoms with E-state index < -0.39 is 15.3 Å². The first kappa shape index (κ1) is 15.1. The molecular weight excluding hydrogens is 250 g/mol. The van der Waals surface area contributed by atoms with Crippen LogP contribution in [0.3, 0.4) is 0 Å². The molecule has 2 unspecified atom stereocenters. The van der Waals surface area contributed by atoms with Crippen LogP contribution in [-0.4, -0.2) is 31.7 Å². The van der Waals surface area contributed by atoms with Gasteiger partial charge in [-0.25, -0.2) is 13.1 Å². The lowest BCUT2D eigenvalue weighted by atomic mass is 10.2. The molecule has 0 aromatic carbocycles. The first-order chi connectivity index (χ1) is 8.47. The summed E-state index contributed by atoms with van der Waals surface area (Å²) < 4.78 is 26.8. The van der Waals surface area contributed by atoms with Crippen molar-refractivity contribution in [3.8, 4) is 0 Å². The minimum atomic E-state index is -3.32. The van der Waals surface area contributed by atoms with Gasteiger partial charge in [-0.3, -0.25) is 4.98 Å². The molecule has 1 heterocycles. The number of pyridine rings is 1. The largest absolute Gasteiger partial charge is 0.316 e. The number of nitrogens with one attached hydrogen (secondary N) is 2. The summed E-state index contributed by atoms with van der Waals surface area (Å²) in [4.78, 5) is 3.98. The first-order valence-corrected chi connectivity index (χ1v) is 7.63.